The van der Waals surface area contributed by atoms with Gasteiger partial charge in [0.15, 0.2) is 0 Å². The zero-order valence-electron chi connectivity index (χ0n) is 17.2. The van der Waals surface area contributed by atoms with Gasteiger partial charge < -0.3 is 19.3 Å². The van der Waals surface area contributed by atoms with E-state index in [9.17, 15) is 19.2 Å². The smallest absolute Gasteiger partial charge is 0.257 e. The predicted molar refractivity (Wildman–Crippen MR) is 107 cm³/mol. The van der Waals surface area contributed by atoms with Crippen LogP contribution in [0.1, 0.15) is 30.1 Å². The van der Waals surface area contributed by atoms with Crippen LogP contribution in [0.2, 0.25) is 0 Å². The lowest BCUT2D eigenvalue weighted by Crippen LogP contribution is -2.53. The van der Waals surface area contributed by atoms with E-state index >= 15 is 0 Å². The first-order valence-electron chi connectivity index (χ1n) is 10.2. The normalized spacial score (nSPS) is 16.9. The fraction of sp³-hybridized carbons (Fsp3) is 0.524. The lowest BCUT2D eigenvalue weighted by atomic mass is 10.1. The van der Waals surface area contributed by atoms with Crippen molar-refractivity contribution >= 4 is 23.6 Å². The van der Waals surface area contributed by atoms with Gasteiger partial charge in [-0.15, -0.1) is 0 Å². The number of rotatable bonds is 8. The molecule has 1 aromatic carbocycles. The summed E-state index contributed by atoms with van der Waals surface area (Å²) in [5.74, 6) is -0.526. The van der Waals surface area contributed by atoms with Gasteiger partial charge in [0.1, 0.15) is 18.9 Å². The molecular weight excluding hydrogens is 390 g/mol. The van der Waals surface area contributed by atoms with Crippen molar-refractivity contribution in [3.8, 4) is 5.75 Å². The van der Waals surface area contributed by atoms with E-state index in [0.717, 1.165) is 4.90 Å². The molecule has 0 aromatic heterocycles. The number of carbonyl (C=O) groups excluding carboxylic acids is 4. The maximum absolute atomic E-state index is 13.0. The third-order valence-electron chi connectivity index (χ3n) is 5.17. The Morgan fingerprint density at radius 2 is 1.57 bits per heavy atom. The van der Waals surface area contributed by atoms with Crippen molar-refractivity contribution < 1.29 is 28.7 Å². The van der Waals surface area contributed by atoms with E-state index in [4.69, 9.17) is 9.47 Å². The minimum atomic E-state index is -0.303. The van der Waals surface area contributed by atoms with Crippen molar-refractivity contribution in [3.05, 3.63) is 29.8 Å². The van der Waals surface area contributed by atoms with E-state index < -0.39 is 0 Å². The number of para-hydroxylation sites is 1. The second-order valence-electron chi connectivity index (χ2n) is 7.09. The summed E-state index contributed by atoms with van der Waals surface area (Å²) in [6, 6.07) is 7.07. The molecule has 0 bridgehead atoms. The van der Waals surface area contributed by atoms with Crippen molar-refractivity contribution in [1.82, 2.24) is 14.7 Å². The van der Waals surface area contributed by atoms with Crippen molar-refractivity contribution in [2.75, 3.05) is 52.5 Å². The van der Waals surface area contributed by atoms with Gasteiger partial charge >= 0.3 is 0 Å². The van der Waals surface area contributed by atoms with Gasteiger partial charge in [-0.05, 0) is 19.1 Å². The average molecular weight is 417 g/mol. The molecule has 2 saturated heterocycles. The molecule has 9 heteroatoms. The van der Waals surface area contributed by atoms with Crippen LogP contribution >= 0.6 is 0 Å². The Kier molecular flexibility index (Phi) is 7.40. The summed E-state index contributed by atoms with van der Waals surface area (Å²) >= 11 is 0. The second-order valence-corrected chi connectivity index (χ2v) is 7.09. The number of amides is 4. The quantitative estimate of drug-likeness (QED) is 0.452. The van der Waals surface area contributed by atoms with Crippen LogP contribution < -0.4 is 4.74 Å². The molecule has 0 saturated carbocycles. The molecule has 3 rings (SSSR count). The maximum atomic E-state index is 13.0. The lowest BCUT2D eigenvalue weighted by molar-refractivity contribution is -0.146. The van der Waals surface area contributed by atoms with Crippen LogP contribution in [0.25, 0.3) is 0 Å². The fourth-order valence-electron chi connectivity index (χ4n) is 3.49. The van der Waals surface area contributed by atoms with Gasteiger partial charge in [-0.25, -0.2) is 0 Å². The van der Waals surface area contributed by atoms with Crippen LogP contribution in [0.5, 0.6) is 5.75 Å². The highest BCUT2D eigenvalue weighted by atomic mass is 16.5. The topological polar surface area (TPSA) is 96.5 Å². The first kappa shape index (κ1) is 21.8. The molecule has 4 amide bonds. The van der Waals surface area contributed by atoms with Crippen LogP contribution in [0.3, 0.4) is 0 Å². The van der Waals surface area contributed by atoms with Crippen molar-refractivity contribution in [1.29, 1.82) is 0 Å². The van der Waals surface area contributed by atoms with Crippen molar-refractivity contribution in [3.63, 3.8) is 0 Å². The molecular formula is C21H27N3O6. The molecule has 0 atom stereocenters. The highest BCUT2D eigenvalue weighted by Crippen LogP contribution is 2.21. The fourth-order valence-corrected chi connectivity index (χ4v) is 3.49. The Morgan fingerprint density at radius 3 is 2.23 bits per heavy atom. The molecule has 0 unspecified atom stereocenters. The number of hydrogen-bond acceptors (Lipinski definition) is 6. The molecule has 0 N–H and O–H groups in total. The van der Waals surface area contributed by atoms with Gasteiger partial charge in [0, 0.05) is 45.6 Å². The first-order valence-corrected chi connectivity index (χ1v) is 10.2. The van der Waals surface area contributed by atoms with Gasteiger partial charge in [-0.3, -0.25) is 24.1 Å². The van der Waals surface area contributed by atoms with Crippen LogP contribution in [0.4, 0.5) is 0 Å². The molecule has 1 aromatic rings. The highest BCUT2D eigenvalue weighted by molar-refractivity contribution is 6.04. The average Bonchev–Trinajstić information content (AvgIpc) is 3.08. The van der Waals surface area contributed by atoms with Crippen LogP contribution in [-0.4, -0.2) is 90.9 Å². The number of piperazine rings is 1. The SMILES string of the molecule is CCOCCOc1ccccc1C(=O)N1CCN(C(=O)CN2C(=O)CCC2=O)CC1. The van der Waals surface area contributed by atoms with Crippen molar-refractivity contribution in [2.24, 2.45) is 0 Å². The van der Waals surface area contributed by atoms with Crippen LogP contribution in [-0.2, 0) is 19.1 Å². The zero-order chi connectivity index (χ0) is 21.5. The Labute approximate surface area is 175 Å². The summed E-state index contributed by atoms with van der Waals surface area (Å²) < 4.78 is 11.0. The van der Waals surface area contributed by atoms with Gasteiger partial charge in [0.25, 0.3) is 5.91 Å². The summed E-state index contributed by atoms with van der Waals surface area (Å²) in [7, 11) is 0. The Morgan fingerprint density at radius 1 is 0.933 bits per heavy atom. The Bertz CT molecular complexity index is 788. The maximum Gasteiger partial charge on any atom is 0.257 e. The third kappa shape index (κ3) is 5.15. The minimum absolute atomic E-state index is 0.154. The third-order valence-corrected chi connectivity index (χ3v) is 5.17. The number of imide groups is 1. The Balaban J connectivity index is 1.53. The molecule has 2 heterocycles. The van der Waals surface area contributed by atoms with Gasteiger partial charge in [-0.1, -0.05) is 12.1 Å². The van der Waals surface area contributed by atoms with E-state index in [-0.39, 0.29) is 43.0 Å². The van der Waals surface area contributed by atoms with Crippen molar-refractivity contribution in [2.45, 2.75) is 19.8 Å². The summed E-state index contributed by atoms with van der Waals surface area (Å²) in [5, 5.41) is 0. The monoisotopic (exact) mass is 417 g/mol. The van der Waals surface area contributed by atoms with Gasteiger partial charge in [-0.2, -0.15) is 0 Å². The standard InChI is InChI=1S/C21H27N3O6/c1-2-29-13-14-30-17-6-4-3-5-16(17)21(28)23-11-9-22(10-12-23)20(27)15-24-18(25)7-8-19(24)26/h3-6H,2,7-15H2,1H3. The molecule has 0 radical (unpaired) electrons. The number of hydrogen-bond donors (Lipinski definition) is 0. The molecule has 0 aliphatic carbocycles. The molecule has 0 spiro atoms. The highest BCUT2D eigenvalue weighted by Gasteiger charge is 2.33. The zero-order valence-corrected chi connectivity index (χ0v) is 17.2. The second kappa shape index (κ2) is 10.2. The predicted octanol–water partition coefficient (Wildman–Crippen LogP) is 0.535. The summed E-state index contributed by atoms with van der Waals surface area (Å²) in [4.78, 5) is 53.1. The number of likely N-dealkylation sites (tertiary alicyclic amines) is 1. The molecule has 2 aliphatic heterocycles. The van der Waals surface area contributed by atoms with Gasteiger partial charge in [0.05, 0.1) is 12.2 Å². The minimum Gasteiger partial charge on any atom is -0.490 e. The molecule has 9 nitrogen and oxygen atoms in total. The first-order chi connectivity index (χ1) is 14.5. The number of ether oxygens (including phenoxy) is 2. The summed E-state index contributed by atoms with van der Waals surface area (Å²) in [6.45, 7) is 4.55. The van der Waals surface area contributed by atoms with Gasteiger partial charge in [0.2, 0.25) is 17.7 Å². The van der Waals surface area contributed by atoms with E-state index in [1.54, 1.807) is 28.0 Å². The van der Waals surface area contributed by atoms with Crippen LogP contribution in [0.15, 0.2) is 24.3 Å². The molecule has 2 aliphatic rings. The molecule has 162 valence electrons. The van der Waals surface area contributed by atoms with E-state index in [0.29, 0.717) is 57.3 Å². The molecule has 2 fully saturated rings. The largest absolute Gasteiger partial charge is 0.490 e. The Hall–Kier alpha value is -2.94. The van der Waals surface area contributed by atoms with E-state index in [2.05, 4.69) is 0 Å². The number of nitrogens with zero attached hydrogens (tertiary/aromatic N) is 3. The number of benzene rings is 1. The lowest BCUT2D eigenvalue weighted by Gasteiger charge is -2.35. The van der Waals surface area contributed by atoms with E-state index in [1.165, 1.54) is 0 Å². The summed E-state index contributed by atoms with van der Waals surface area (Å²) in [5.41, 5.74) is 0.474. The number of carbonyl (C=O) groups is 4. The molecule has 30 heavy (non-hydrogen) atoms. The van der Waals surface area contributed by atoms with Crippen LogP contribution in [0, 0.1) is 0 Å². The summed E-state index contributed by atoms with van der Waals surface area (Å²) in [6.07, 6.45) is 0.334. The van der Waals surface area contributed by atoms with E-state index in [1.807, 2.05) is 13.0 Å².